The van der Waals surface area contributed by atoms with E-state index in [0.29, 0.717) is 6.04 Å². The van der Waals surface area contributed by atoms with Crippen molar-refractivity contribution in [2.45, 2.75) is 44.6 Å². The summed E-state index contributed by atoms with van der Waals surface area (Å²) in [7, 11) is 2.09. The van der Waals surface area contributed by atoms with Crippen molar-refractivity contribution in [3.63, 3.8) is 0 Å². The van der Waals surface area contributed by atoms with Gasteiger partial charge in [0.1, 0.15) is 0 Å². The highest BCUT2D eigenvalue weighted by Gasteiger charge is 2.35. The van der Waals surface area contributed by atoms with Gasteiger partial charge in [0.2, 0.25) is 0 Å². The minimum Gasteiger partial charge on any atom is -0.319 e. The Morgan fingerprint density at radius 2 is 1.90 bits per heavy atom. The van der Waals surface area contributed by atoms with Gasteiger partial charge in [-0.3, -0.25) is 4.90 Å². The first kappa shape index (κ1) is 14.1. The SMILES string of the molecule is CCN1CCCC(CNC)C1c1ccccc1C1CC1. The number of hydrogen-bond acceptors (Lipinski definition) is 2. The molecule has 2 aliphatic rings. The lowest BCUT2D eigenvalue weighted by Gasteiger charge is -2.42. The number of nitrogens with one attached hydrogen (secondary N) is 1. The summed E-state index contributed by atoms with van der Waals surface area (Å²) >= 11 is 0. The third-order valence-corrected chi connectivity index (χ3v) is 5.06. The molecule has 1 saturated heterocycles. The first-order valence-electron chi connectivity index (χ1n) is 8.32. The Balaban J connectivity index is 1.94. The van der Waals surface area contributed by atoms with Crippen LogP contribution >= 0.6 is 0 Å². The summed E-state index contributed by atoms with van der Waals surface area (Å²) in [4.78, 5) is 2.70. The summed E-state index contributed by atoms with van der Waals surface area (Å²) < 4.78 is 0. The largest absolute Gasteiger partial charge is 0.319 e. The van der Waals surface area contributed by atoms with Crippen LogP contribution in [0.25, 0.3) is 0 Å². The summed E-state index contributed by atoms with van der Waals surface area (Å²) in [6.45, 7) is 5.89. The third-order valence-electron chi connectivity index (χ3n) is 5.06. The van der Waals surface area contributed by atoms with E-state index in [-0.39, 0.29) is 0 Å². The van der Waals surface area contributed by atoms with Gasteiger partial charge in [-0.1, -0.05) is 31.2 Å². The van der Waals surface area contributed by atoms with Crippen molar-refractivity contribution in [1.29, 1.82) is 0 Å². The Hall–Kier alpha value is -0.860. The predicted molar refractivity (Wildman–Crippen MR) is 85.1 cm³/mol. The van der Waals surface area contributed by atoms with Gasteiger partial charge in [-0.05, 0) is 75.3 Å². The van der Waals surface area contributed by atoms with Crippen molar-refractivity contribution in [3.8, 4) is 0 Å². The van der Waals surface area contributed by atoms with Crippen LogP contribution in [-0.4, -0.2) is 31.6 Å². The van der Waals surface area contributed by atoms with Gasteiger partial charge >= 0.3 is 0 Å². The molecule has 0 radical (unpaired) electrons. The average molecular weight is 272 g/mol. The number of likely N-dealkylation sites (tertiary alicyclic amines) is 1. The molecule has 1 aliphatic carbocycles. The van der Waals surface area contributed by atoms with Crippen molar-refractivity contribution < 1.29 is 0 Å². The number of piperidine rings is 1. The van der Waals surface area contributed by atoms with Crippen molar-refractivity contribution in [1.82, 2.24) is 10.2 Å². The van der Waals surface area contributed by atoms with Gasteiger partial charge in [0.25, 0.3) is 0 Å². The highest BCUT2D eigenvalue weighted by molar-refractivity contribution is 5.36. The molecule has 0 aromatic heterocycles. The molecule has 0 amide bonds. The molecule has 1 aromatic carbocycles. The van der Waals surface area contributed by atoms with Crippen LogP contribution in [0, 0.1) is 5.92 Å². The standard InChI is InChI=1S/C18H28N2/c1-3-20-12-6-7-15(13-19-2)18(20)17-9-5-4-8-16(17)14-10-11-14/h4-5,8-9,14-15,18-19H,3,6-7,10-13H2,1-2H3. The van der Waals surface area contributed by atoms with Gasteiger partial charge < -0.3 is 5.32 Å². The van der Waals surface area contributed by atoms with Crippen LogP contribution in [0.1, 0.15) is 55.7 Å². The Bertz CT molecular complexity index is 437. The average Bonchev–Trinajstić information content (AvgIpc) is 3.32. The lowest BCUT2D eigenvalue weighted by molar-refractivity contribution is 0.0975. The van der Waals surface area contributed by atoms with Gasteiger partial charge in [0.15, 0.2) is 0 Å². The molecule has 2 nitrogen and oxygen atoms in total. The number of nitrogens with zero attached hydrogens (tertiary/aromatic N) is 1. The Morgan fingerprint density at radius 1 is 1.15 bits per heavy atom. The molecule has 1 aromatic rings. The van der Waals surface area contributed by atoms with Crippen LogP contribution in [0.5, 0.6) is 0 Å². The van der Waals surface area contributed by atoms with Crippen LogP contribution in [-0.2, 0) is 0 Å². The van der Waals surface area contributed by atoms with Crippen LogP contribution in [0.2, 0.25) is 0 Å². The molecular weight excluding hydrogens is 244 g/mol. The Morgan fingerprint density at radius 3 is 2.55 bits per heavy atom. The smallest absolute Gasteiger partial charge is 0.0391 e. The van der Waals surface area contributed by atoms with Crippen LogP contribution < -0.4 is 5.32 Å². The molecule has 2 unspecified atom stereocenters. The molecule has 0 bridgehead atoms. The molecular formula is C18H28N2. The zero-order valence-corrected chi connectivity index (χ0v) is 12.9. The summed E-state index contributed by atoms with van der Waals surface area (Å²) in [6.07, 6.45) is 5.50. The number of rotatable bonds is 5. The molecule has 2 fully saturated rings. The minimum atomic E-state index is 0.623. The second kappa shape index (κ2) is 6.28. The molecule has 1 aliphatic heterocycles. The number of hydrogen-bond donors (Lipinski definition) is 1. The maximum absolute atomic E-state index is 3.42. The molecule has 2 atom stereocenters. The summed E-state index contributed by atoms with van der Waals surface area (Å²) in [5.74, 6) is 1.61. The van der Waals surface area contributed by atoms with E-state index in [4.69, 9.17) is 0 Å². The minimum absolute atomic E-state index is 0.623. The van der Waals surface area contributed by atoms with E-state index < -0.39 is 0 Å². The first-order valence-corrected chi connectivity index (χ1v) is 8.32. The molecule has 1 heterocycles. The third kappa shape index (κ3) is 2.77. The lowest BCUT2D eigenvalue weighted by atomic mass is 9.82. The summed E-state index contributed by atoms with van der Waals surface area (Å²) in [5, 5.41) is 3.42. The van der Waals surface area contributed by atoms with Gasteiger partial charge in [-0.25, -0.2) is 0 Å². The van der Waals surface area contributed by atoms with Crippen LogP contribution in [0.15, 0.2) is 24.3 Å². The fraction of sp³-hybridized carbons (Fsp3) is 0.667. The van der Waals surface area contributed by atoms with E-state index in [9.17, 15) is 0 Å². The fourth-order valence-electron chi connectivity index (χ4n) is 3.98. The van der Waals surface area contributed by atoms with Crippen molar-refractivity contribution in [3.05, 3.63) is 35.4 Å². The normalized spacial score (nSPS) is 27.7. The van der Waals surface area contributed by atoms with Crippen molar-refractivity contribution >= 4 is 0 Å². The molecule has 20 heavy (non-hydrogen) atoms. The topological polar surface area (TPSA) is 15.3 Å². The monoisotopic (exact) mass is 272 g/mol. The van der Waals surface area contributed by atoms with Gasteiger partial charge in [-0.15, -0.1) is 0 Å². The fourth-order valence-corrected chi connectivity index (χ4v) is 3.98. The van der Waals surface area contributed by atoms with E-state index in [2.05, 4.69) is 48.5 Å². The first-order chi connectivity index (χ1) is 9.85. The highest BCUT2D eigenvalue weighted by Crippen LogP contribution is 2.46. The Labute approximate surface area is 123 Å². The van der Waals surface area contributed by atoms with Gasteiger partial charge in [0, 0.05) is 6.04 Å². The maximum Gasteiger partial charge on any atom is 0.0391 e. The maximum atomic E-state index is 3.42. The van der Waals surface area contributed by atoms with Crippen LogP contribution in [0.3, 0.4) is 0 Å². The molecule has 110 valence electrons. The van der Waals surface area contributed by atoms with E-state index >= 15 is 0 Å². The quantitative estimate of drug-likeness (QED) is 0.881. The summed E-state index contributed by atoms with van der Waals surface area (Å²) in [5.41, 5.74) is 3.26. The second-order valence-electron chi connectivity index (χ2n) is 6.44. The zero-order valence-electron chi connectivity index (χ0n) is 12.9. The predicted octanol–water partition coefficient (Wildman–Crippen LogP) is 3.56. The van der Waals surface area contributed by atoms with E-state index in [1.165, 1.54) is 38.8 Å². The van der Waals surface area contributed by atoms with Gasteiger partial charge in [0.05, 0.1) is 0 Å². The summed E-state index contributed by atoms with van der Waals surface area (Å²) in [6, 6.07) is 9.86. The van der Waals surface area contributed by atoms with Crippen molar-refractivity contribution in [2.75, 3.05) is 26.7 Å². The van der Waals surface area contributed by atoms with Crippen LogP contribution in [0.4, 0.5) is 0 Å². The molecule has 0 spiro atoms. The van der Waals surface area contributed by atoms with E-state index in [0.717, 1.165) is 18.4 Å². The number of benzene rings is 1. The lowest BCUT2D eigenvalue weighted by Crippen LogP contribution is -2.42. The second-order valence-corrected chi connectivity index (χ2v) is 6.44. The zero-order chi connectivity index (χ0) is 13.9. The van der Waals surface area contributed by atoms with E-state index in [1.807, 2.05) is 0 Å². The molecule has 2 heteroatoms. The Kier molecular flexibility index (Phi) is 4.42. The molecule has 3 rings (SSSR count). The molecule has 1 saturated carbocycles. The molecule has 1 N–H and O–H groups in total. The van der Waals surface area contributed by atoms with Crippen molar-refractivity contribution in [2.24, 2.45) is 5.92 Å². The highest BCUT2D eigenvalue weighted by atomic mass is 15.2. The van der Waals surface area contributed by atoms with E-state index in [1.54, 1.807) is 11.1 Å². The van der Waals surface area contributed by atoms with Gasteiger partial charge in [-0.2, -0.15) is 0 Å².